The van der Waals surface area contributed by atoms with E-state index < -0.39 is 36.1 Å². The van der Waals surface area contributed by atoms with E-state index in [4.69, 9.17) is 20.6 Å². The minimum atomic E-state index is -1.01. The van der Waals surface area contributed by atoms with Gasteiger partial charge in [-0.15, -0.1) is 0 Å². The zero-order chi connectivity index (χ0) is 30.2. The second-order valence-electron chi connectivity index (χ2n) is 9.42. The van der Waals surface area contributed by atoms with Gasteiger partial charge in [0.15, 0.2) is 5.96 Å². The third-order valence-corrected chi connectivity index (χ3v) is 6.21. The number of nitrogens with one attached hydrogen (secondary N) is 3. The molecule has 3 aromatic rings. The summed E-state index contributed by atoms with van der Waals surface area (Å²) in [5.74, 6) is -1.07. The number of rotatable bonds is 14. The lowest BCUT2D eigenvalue weighted by atomic mass is 10.0. The largest absolute Gasteiger partial charge is 0.445 e. The van der Waals surface area contributed by atoms with Crippen LogP contribution in [0.5, 0.6) is 0 Å². The smallest absolute Gasteiger partial charge is 0.416 e. The molecular weight excluding hydrogens is 538 g/mol. The molecule has 42 heavy (non-hydrogen) atoms. The van der Waals surface area contributed by atoms with Crippen molar-refractivity contribution in [2.24, 2.45) is 5.73 Å². The Morgan fingerprint density at radius 2 is 1.33 bits per heavy atom. The van der Waals surface area contributed by atoms with Gasteiger partial charge in [-0.25, -0.2) is 14.5 Å². The van der Waals surface area contributed by atoms with Crippen molar-refractivity contribution in [3.05, 3.63) is 108 Å². The van der Waals surface area contributed by atoms with Gasteiger partial charge in [0.2, 0.25) is 5.91 Å². The molecule has 0 saturated carbocycles. The van der Waals surface area contributed by atoms with Gasteiger partial charge in [-0.3, -0.25) is 10.2 Å². The first kappa shape index (κ1) is 31.3. The second-order valence-corrected chi connectivity index (χ2v) is 9.42. The van der Waals surface area contributed by atoms with Crippen LogP contribution in [0, 0.1) is 5.41 Å². The maximum atomic E-state index is 13.2. The summed E-state index contributed by atoms with van der Waals surface area (Å²) in [6.45, 7) is 0.0461. The number of benzene rings is 3. The van der Waals surface area contributed by atoms with E-state index in [-0.39, 0.29) is 39.0 Å². The van der Waals surface area contributed by atoms with Crippen LogP contribution >= 0.6 is 0 Å². The highest BCUT2D eigenvalue weighted by atomic mass is 16.6. The lowest BCUT2D eigenvalue weighted by molar-refractivity contribution is -0.125. The quantitative estimate of drug-likeness (QED) is 0.130. The number of carbonyl (C=O) groups excluding carboxylic acids is 4. The van der Waals surface area contributed by atoms with E-state index in [1.165, 1.54) is 0 Å². The highest BCUT2D eigenvalue weighted by molar-refractivity contribution is 5.91. The Balaban J connectivity index is 1.54. The molecule has 0 aliphatic heterocycles. The van der Waals surface area contributed by atoms with Crippen molar-refractivity contribution in [2.75, 3.05) is 6.54 Å². The van der Waals surface area contributed by atoms with Crippen LogP contribution in [0.4, 0.5) is 9.59 Å². The van der Waals surface area contributed by atoms with E-state index in [1.807, 2.05) is 78.9 Å². The fourth-order valence-corrected chi connectivity index (χ4v) is 4.00. The minimum absolute atomic E-state index is 0.000667. The molecule has 11 heteroatoms. The van der Waals surface area contributed by atoms with Gasteiger partial charge in [-0.1, -0.05) is 91.0 Å². The number of carbonyl (C=O) groups is 4. The molecule has 0 aliphatic carbocycles. The van der Waals surface area contributed by atoms with E-state index in [9.17, 15) is 19.2 Å². The van der Waals surface area contributed by atoms with Gasteiger partial charge in [0.25, 0.3) is 0 Å². The first-order chi connectivity index (χ1) is 20.4. The molecule has 0 radical (unpaired) electrons. The molecular formula is C31H35N5O6. The molecule has 3 amide bonds. The lowest BCUT2D eigenvalue weighted by Gasteiger charge is -2.23. The Labute approximate surface area is 244 Å². The van der Waals surface area contributed by atoms with Gasteiger partial charge in [0.05, 0.1) is 6.04 Å². The van der Waals surface area contributed by atoms with Crippen LogP contribution in [0.2, 0.25) is 0 Å². The van der Waals surface area contributed by atoms with Crippen molar-refractivity contribution in [1.29, 1.82) is 5.41 Å². The van der Waals surface area contributed by atoms with Crippen LogP contribution in [-0.2, 0) is 38.7 Å². The molecule has 0 unspecified atom stereocenters. The summed E-state index contributed by atoms with van der Waals surface area (Å²) in [4.78, 5) is 51.0. The van der Waals surface area contributed by atoms with E-state index in [0.29, 0.717) is 6.29 Å². The Kier molecular flexibility index (Phi) is 12.5. The normalized spacial score (nSPS) is 11.8. The highest BCUT2D eigenvalue weighted by Crippen LogP contribution is 2.08. The molecule has 0 heterocycles. The van der Waals surface area contributed by atoms with E-state index in [1.54, 1.807) is 12.1 Å². The maximum absolute atomic E-state index is 13.2. The minimum Gasteiger partial charge on any atom is -0.445 e. The topological polar surface area (TPSA) is 164 Å². The average molecular weight is 574 g/mol. The third kappa shape index (κ3) is 10.8. The second kappa shape index (κ2) is 16.8. The van der Waals surface area contributed by atoms with Crippen molar-refractivity contribution in [2.45, 2.75) is 44.6 Å². The number of nitrogens with zero attached hydrogens (tertiary/aromatic N) is 1. The molecule has 5 N–H and O–H groups in total. The molecule has 0 aliphatic rings. The van der Waals surface area contributed by atoms with Gasteiger partial charge in [-0.2, -0.15) is 0 Å². The number of guanidine groups is 1. The summed E-state index contributed by atoms with van der Waals surface area (Å²) in [5, 5.41) is 13.0. The molecule has 0 saturated heterocycles. The van der Waals surface area contributed by atoms with Gasteiger partial charge in [0.1, 0.15) is 25.5 Å². The molecule has 0 bridgehead atoms. The Hall–Kier alpha value is -5.19. The number of hydrogen-bond donors (Lipinski definition) is 4. The summed E-state index contributed by atoms with van der Waals surface area (Å²) in [7, 11) is 0. The molecule has 2 atom stereocenters. The number of hydrogen-bond acceptors (Lipinski definition) is 7. The summed E-state index contributed by atoms with van der Waals surface area (Å²) in [6.07, 6.45) is -0.426. The van der Waals surface area contributed by atoms with E-state index in [2.05, 4.69) is 10.6 Å². The van der Waals surface area contributed by atoms with Crippen LogP contribution in [0.25, 0.3) is 0 Å². The van der Waals surface area contributed by atoms with Crippen LogP contribution in [0.1, 0.15) is 29.5 Å². The zero-order valence-corrected chi connectivity index (χ0v) is 23.1. The molecule has 3 rings (SSSR count). The monoisotopic (exact) mass is 573 g/mol. The van der Waals surface area contributed by atoms with Crippen molar-refractivity contribution in [3.63, 3.8) is 0 Å². The number of amides is 3. The van der Waals surface area contributed by atoms with Gasteiger partial charge < -0.3 is 30.6 Å². The summed E-state index contributed by atoms with van der Waals surface area (Å²) >= 11 is 0. The zero-order valence-electron chi connectivity index (χ0n) is 23.1. The summed E-state index contributed by atoms with van der Waals surface area (Å²) in [6, 6.07) is 25.4. The first-order valence-corrected chi connectivity index (χ1v) is 13.4. The Bertz CT molecular complexity index is 1310. The predicted molar refractivity (Wildman–Crippen MR) is 156 cm³/mol. The van der Waals surface area contributed by atoms with Crippen LogP contribution in [-0.4, -0.2) is 53.9 Å². The van der Waals surface area contributed by atoms with Crippen molar-refractivity contribution in [3.8, 4) is 0 Å². The van der Waals surface area contributed by atoms with Crippen molar-refractivity contribution >= 4 is 30.3 Å². The van der Waals surface area contributed by atoms with Crippen LogP contribution in [0.15, 0.2) is 91.0 Å². The molecule has 3 aromatic carbocycles. The first-order valence-electron chi connectivity index (χ1n) is 13.4. The van der Waals surface area contributed by atoms with Crippen molar-refractivity contribution < 1.29 is 28.7 Å². The average Bonchev–Trinajstić information content (AvgIpc) is 3.01. The van der Waals surface area contributed by atoms with Gasteiger partial charge >= 0.3 is 12.2 Å². The summed E-state index contributed by atoms with van der Waals surface area (Å²) in [5.41, 5.74) is 7.95. The molecule has 220 valence electrons. The fraction of sp³-hybridized carbons (Fsp3) is 0.258. The van der Waals surface area contributed by atoms with Crippen LogP contribution in [0.3, 0.4) is 0 Å². The molecule has 11 nitrogen and oxygen atoms in total. The van der Waals surface area contributed by atoms with Crippen molar-refractivity contribution in [1.82, 2.24) is 15.5 Å². The molecule has 0 spiro atoms. The third-order valence-electron chi connectivity index (χ3n) is 6.21. The number of nitrogens with two attached hydrogens (primary N) is 1. The predicted octanol–water partition coefficient (Wildman–Crippen LogP) is 3.52. The Morgan fingerprint density at radius 3 is 1.86 bits per heavy atom. The van der Waals surface area contributed by atoms with Crippen LogP contribution < -0.4 is 16.4 Å². The van der Waals surface area contributed by atoms with E-state index >= 15 is 0 Å². The van der Waals surface area contributed by atoms with Gasteiger partial charge in [0, 0.05) is 13.0 Å². The number of alkyl carbamates (subject to hydrolysis) is 1. The standard InChI is InChI=1S/C31H35N5O6/c32-29(33)36(31(40)42-22-25-15-8-3-9-16-25)18-10-17-26(20-37)34-28(38)27(19-23-11-4-1-5-12-23)35-30(39)41-21-24-13-6-2-7-14-24/h1-9,11-16,20,26-27H,10,17-19,21-22H2,(H3,32,33)(H,34,38)(H,35,39)/t26-,27+/m0/s1. The maximum Gasteiger partial charge on any atom is 0.416 e. The Morgan fingerprint density at radius 1 is 0.810 bits per heavy atom. The lowest BCUT2D eigenvalue weighted by Crippen LogP contribution is -2.51. The molecule has 0 aromatic heterocycles. The SMILES string of the molecule is N=C(N)N(CCC[C@@H](C=O)NC(=O)[C@@H](Cc1ccccc1)NC(=O)OCc1ccccc1)C(=O)OCc1ccccc1. The molecule has 0 fully saturated rings. The number of aldehydes is 1. The highest BCUT2D eigenvalue weighted by Gasteiger charge is 2.25. The number of ether oxygens (including phenoxy) is 2. The van der Waals surface area contributed by atoms with Gasteiger partial charge in [-0.05, 0) is 29.5 Å². The summed E-state index contributed by atoms with van der Waals surface area (Å²) < 4.78 is 10.5. The van der Waals surface area contributed by atoms with E-state index in [0.717, 1.165) is 21.6 Å². The fourth-order valence-electron chi connectivity index (χ4n) is 4.00.